The molecule has 0 bridgehead atoms. The van der Waals surface area contributed by atoms with Crippen molar-refractivity contribution in [3.8, 4) is 11.3 Å². The zero-order valence-corrected chi connectivity index (χ0v) is 20.5. The molecule has 10 heteroatoms. The Morgan fingerprint density at radius 1 is 1.20 bits per heavy atom. The smallest absolute Gasteiger partial charge is 0.303 e. The van der Waals surface area contributed by atoms with Crippen molar-refractivity contribution in [2.75, 3.05) is 24.5 Å². The highest BCUT2D eigenvalue weighted by molar-refractivity contribution is 6.30. The number of carbonyl (C=O) groups is 2. The zero-order valence-electron chi connectivity index (χ0n) is 19.7. The number of aliphatic carboxylic acids is 1. The topological polar surface area (TPSA) is 109 Å². The number of nitrogens with one attached hydrogen (secondary N) is 1. The predicted molar refractivity (Wildman–Crippen MR) is 135 cm³/mol. The van der Waals surface area contributed by atoms with Gasteiger partial charge in [0.2, 0.25) is 5.78 Å². The summed E-state index contributed by atoms with van der Waals surface area (Å²) < 4.78 is 3.56. The highest BCUT2D eigenvalue weighted by atomic mass is 35.5. The van der Waals surface area contributed by atoms with E-state index in [1.165, 1.54) is 0 Å². The number of fused-ring (bicyclic) bond motifs is 1. The summed E-state index contributed by atoms with van der Waals surface area (Å²) >= 11 is 6.03. The van der Waals surface area contributed by atoms with Crippen LogP contribution in [0.2, 0.25) is 5.02 Å². The number of Topliss-reactive ketones (excluding diaryl/α,β-unsaturated/α-hetero) is 1. The third-order valence-electron chi connectivity index (χ3n) is 6.32. The summed E-state index contributed by atoms with van der Waals surface area (Å²) in [6.07, 6.45) is 4.43. The molecule has 1 aliphatic rings. The van der Waals surface area contributed by atoms with Crippen molar-refractivity contribution in [2.24, 2.45) is 0 Å². The van der Waals surface area contributed by atoms with Crippen LogP contribution in [-0.4, -0.2) is 56.5 Å². The van der Waals surface area contributed by atoms with Crippen molar-refractivity contribution in [2.45, 2.75) is 51.6 Å². The maximum absolute atomic E-state index is 13.2. The number of aryl methyl sites for hydroxylation is 1. The molecule has 0 aliphatic carbocycles. The van der Waals surface area contributed by atoms with Gasteiger partial charge in [-0.2, -0.15) is 0 Å². The fourth-order valence-corrected chi connectivity index (χ4v) is 4.60. The van der Waals surface area contributed by atoms with E-state index in [0.29, 0.717) is 48.5 Å². The second-order valence-corrected chi connectivity index (χ2v) is 9.21. The number of nitrogens with zero attached hydrogens (tertiary/aromatic N) is 4. The number of anilines is 1. The zero-order chi connectivity index (χ0) is 24.9. The first-order valence-corrected chi connectivity index (χ1v) is 12.4. The van der Waals surface area contributed by atoms with E-state index in [4.69, 9.17) is 21.7 Å². The number of halogens is 1. The summed E-state index contributed by atoms with van der Waals surface area (Å²) in [5.74, 6) is 0.00163. The summed E-state index contributed by atoms with van der Waals surface area (Å²) in [5.41, 5.74) is 1.28. The number of carboxylic acids is 1. The molecule has 1 saturated heterocycles. The van der Waals surface area contributed by atoms with Crippen LogP contribution < -0.4 is 15.8 Å². The number of piperazine rings is 1. The average Bonchev–Trinajstić information content (AvgIpc) is 3.30. The SMILES string of the molecule is CCCCCn1c(N2CCNC[C@H]2C(=O)CCC(=O)O)cc(=O)n2cc(-c3ccc(Cl)cc3)nc12. The van der Waals surface area contributed by atoms with E-state index in [1.807, 2.05) is 21.6 Å². The van der Waals surface area contributed by atoms with Crippen LogP contribution in [-0.2, 0) is 16.1 Å². The second-order valence-electron chi connectivity index (χ2n) is 8.78. The van der Waals surface area contributed by atoms with Crippen LogP contribution in [0.5, 0.6) is 0 Å². The second kappa shape index (κ2) is 11.0. The lowest BCUT2D eigenvalue weighted by Gasteiger charge is -2.38. The number of hydrogen-bond acceptors (Lipinski definition) is 6. The molecular weight excluding hydrogens is 470 g/mol. The van der Waals surface area contributed by atoms with E-state index in [1.54, 1.807) is 28.8 Å². The molecule has 3 heterocycles. The minimum absolute atomic E-state index is 0.0510. The minimum atomic E-state index is -1.00. The van der Waals surface area contributed by atoms with E-state index >= 15 is 0 Å². The number of hydrogen-bond donors (Lipinski definition) is 2. The highest BCUT2D eigenvalue weighted by Gasteiger charge is 2.31. The van der Waals surface area contributed by atoms with Crippen molar-refractivity contribution < 1.29 is 14.7 Å². The van der Waals surface area contributed by atoms with Gasteiger partial charge in [-0.1, -0.05) is 43.5 Å². The molecule has 3 aromatic rings. The van der Waals surface area contributed by atoms with E-state index < -0.39 is 12.0 Å². The van der Waals surface area contributed by atoms with Gasteiger partial charge in [0.05, 0.1) is 12.1 Å². The lowest BCUT2D eigenvalue weighted by molar-refractivity contribution is -0.138. The molecule has 0 amide bonds. The molecule has 0 unspecified atom stereocenters. The number of carboxylic acid groups (broad SMARTS) is 1. The first kappa shape index (κ1) is 24.9. The quantitative estimate of drug-likeness (QED) is 0.412. The fraction of sp³-hybridized carbons (Fsp3) is 0.440. The summed E-state index contributed by atoms with van der Waals surface area (Å²) in [5, 5.41) is 12.9. The van der Waals surface area contributed by atoms with Crippen LogP contribution in [0.25, 0.3) is 17.0 Å². The number of rotatable bonds is 10. The molecule has 1 atom stereocenters. The van der Waals surface area contributed by atoms with Crippen molar-refractivity contribution >= 4 is 34.9 Å². The first-order valence-electron chi connectivity index (χ1n) is 12.0. The highest BCUT2D eigenvalue weighted by Crippen LogP contribution is 2.25. The van der Waals surface area contributed by atoms with Gasteiger partial charge in [-0.3, -0.25) is 23.4 Å². The summed E-state index contributed by atoms with van der Waals surface area (Å²) in [4.78, 5) is 43.9. The van der Waals surface area contributed by atoms with Crippen LogP contribution in [0, 0.1) is 0 Å². The van der Waals surface area contributed by atoms with Gasteiger partial charge in [-0.15, -0.1) is 0 Å². The minimum Gasteiger partial charge on any atom is -0.481 e. The number of aromatic nitrogens is 3. The van der Waals surface area contributed by atoms with Gasteiger partial charge in [0.1, 0.15) is 11.9 Å². The van der Waals surface area contributed by atoms with E-state index in [-0.39, 0.29) is 24.2 Å². The Labute approximate surface area is 208 Å². The Bertz CT molecular complexity index is 1270. The van der Waals surface area contributed by atoms with Crippen LogP contribution in [0.4, 0.5) is 5.82 Å². The Kier molecular flexibility index (Phi) is 7.87. The Morgan fingerprint density at radius 2 is 1.97 bits per heavy atom. The Balaban J connectivity index is 1.80. The molecular formula is C25H30ClN5O4. The van der Waals surface area contributed by atoms with Crippen molar-refractivity contribution in [1.82, 2.24) is 19.3 Å². The molecule has 0 saturated carbocycles. The molecule has 0 spiro atoms. The molecule has 1 fully saturated rings. The molecule has 35 heavy (non-hydrogen) atoms. The van der Waals surface area contributed by atoms with Crippen LogP contribution in [0.1, 0.15) is 39.0 Å². The average molecular weight is 500 g/mol. The summed E-state index contributed by atoms with van der Waals surface area (Å²) in [7, 11) is 0. The predicted octanol–water partition coefficient (Wildman–Crippen LogP) is 3.22. The molecule has 186 valence electrons. The first-order chi connectivity index (χ1) is 16.9. The van der Waals surface area contributed by atoms with E-state index in [0.717, 1.165) is 24.8 Å². The van der Waals surface area contributed by atoms with Crippen molar-refractivity contribution in [3.63, 3.8) is 0 Å². The van der Waals surface area contributed by atoms with Crippen molar-refractivity contribution in [1.29, 1.82) is 0 Å². The molecule has 9 nitrogen and oxygen atoms in total. The number of imidazole rings is 1. The van der Waals surface area contributed by atoms with Gasteiger partial charge in [0.25, 0.3) is 5.56 Å². The third kappa shape index (κ3) is 5.57. The van der Waals surface area contributed by atoms with E-state index in [9.17, 15) is 14.4 Å². The van der Waals surface area contributed by atoms with Crippen LogP contribution in [0.15, 0.2) is 41.3 Å². The maximum Gasteiger partial charge on any atom is 0.303 e. The number of carbonyl (C=O) groups excluding carboxylic acids is 1. The molecule has 0 radical (unpaired) electrons. The standard InChI is InChI=1S/C25H30ClN5O4/c1-2-3-4-12-30-22(29-13-11-27-15-20(29)21(32)9-10-24(34)35)14-23(33)31-16-19(28-25(30)31)17-5-7-18(26)8-6-17/h5-8,14,16,20,27H,2-4,9-13,15H2,1H3,(H,34,35)/t20-/m0/s1. The lowest BCUT2D eigenvalue weighted by atomic mass is 10.0. The number of ketones is 1. The normalized spacial score (nSPS) is 16.1. The summed E-state index contributed by atoms with van der Waals surface area (Å²) in [6.45, 7) is 4.35. The van der Waals surface area contributed by atoms with Crippen LogP contribution >= 0.6 is 11.6 Å². The van der Waals surface area contributed by atoms with Crippen molar-refractivity contribution in [3.05, 3.63) is 51.9 Å². The van der Waals surface area contributed by atoms with Gasteiger partial charge in [0.15, 0.2) is 5.78 Å². The van der Waals surface area contributed by atoms with Crippen LogP contribution in [0.3, 0.4) is 0 Å². The van der Waals surface area contributed by atoms with E-state index in [2.05, 4.69) is 12.2 Å². The monoisotopic (exact) mass is 499 g/mol. The fourth-order valence-electron chi connectivity index (χ4n) is 4.48. The molecule has 2 aromatic heterocycles. The molecule has 4 rings (SSSR count). The summed E-state index contributed by atoms with van der Waals surface area (Å²) in [6, 6.07) is 8.32. The molecule has 1 aromatic carbocycles. The maximum atomic E-state index is 13.2. The van der Waals surface area contributed by atoms with Gasteiger partial charge in [-0.25, -0.2) is 4.98 Å². The Morgan fingerprint density at radius 3 is 2.69 bits per heavy atom. The number of unbranched alkanes of at least 4 members (excludes halogenated alkanes) is 2. The van der Waals surface area contributed by atoms with Gasteiger partial charge >= 0.3 is 5.97 Å². The Hall–Kier alpha value is -3.17. The number of benzene rings is 1. The molecule has 1 aliphatic heterocycles. The van der Waals surface area contributed by atoms with Gasteiger partial charge in [0, 0.05) is 55.4 Å². The molecule has 2 N–H and O–H groups in total. The third-order valence-corrected chi connectivity index (χ3v) is 6.57. The van der Waals surface area contributed by atoms with Gasteiger partial charge in [-0.05, 0) is 18.6 Å². The lowest BCUT2D eigenvalue weighted by Crippen LogP contribution is -2.56. The largest absolute Gasteiger partial charge is 0.481 e. The van der Waals surface area contributed by atoms with Gasteiger partial charge < -0.3 is 15.3 Å².